The van der Waals surface area contributed by atoms with Gasteiger partial charge in [0.15, 0.2) is 3.92 Å². The van der Waals surface area contributed by atoms with Crippen LogP contribution in [0, 0.1) is 0 Å². The van der Waals surface area contributed by atoms with Crippen molar-refractivity contribution in [2.45, 2.75) is 25.2 Å². The summed E-state index contributed by atoms with van der Waals surface area (Å²) in [6.07, 6.45) is 2.34. The molecule has 1 aromatic heterocycles. The van der Waals surface area contributed by atoms with Gasteiger partial charge in [0.05, 0.1) is 18.6 Å². The monoisotopic (exact) mass is 369 g/mol. The maximum atomic E-state index is 11.4. The standard InChI is InChI=1S/C11H16BrNO4S2/c1-16-19(14,15)7-4-9-10(18-11(12)13-9)8-2-5-17-6-3-8/h8H,2-7H2,1H3. The normalized spacial score (nSPS) is 17.8. The van der Waals surface area contributed by atoms with E-state index in [1.165, 1.54) is 12.0 Å². The highest BCUT2D eigenvalue weighted by Crippen LogP contribution is 2.36. The van der Waals surface area contributed by atoms with E-state index in [1.54, 1.807) is 11.3 Å². The fraction of sp³-hybridized carbons (Fsp3) is 0.727. The van der Waals surface area contributed by atoms with E-state index in [0.717, 1.165) is 35.7 Å². The van der Waals surface area contributed by atoms with Crippen LogP contribution in [0.2, 0.25) is 0 Å². The molecule has 2 rings (SSSR count). The van der Waals surface area contributed by atoms with Gasteiger partial charge in [0.2, 0.25) is 0 Å². The topological polar surface area (TPSA) is 65.5 Å². The van der Waals surface area contributed by atoms with Gasteiger partial charge in [0.1, 0.15) is 0 Å². The summed E-state index contributed by atoms with van der Waals surface area (Å²) in [5.74, 6) is 0.397. The highest BCUT2D eigenvalue weighted by Gasteiger charge is 2.23. The van der Waals surface area contributed by atoms with Crippen LogP contribution < -0.4 is 0 Å². The van der Waals surface area contributed by atoms with E-state index in [1.807, 2.05) is 0 Å². The van der Waals surface area contributed by atoms with E-state index in [4.69, 9.17) is 4.74 Å². The van der Waals surface area contributed by atoms with Crippen molar-refractivity contribution in [2.24, 2.45) is 0 Å². The van der Waals surface area contributed by atoms with Crippen LogP contribution in [0.15, 0.2) is 3.92 Å². The van der Waals surface area contributed by atoms with Crippen molar-refractivity contribution in [3.05, 3.63) is 14.5 Å². The highest BCUT2D eigenvalue weighted by atomic mass is 79.9. The van der Waals surface area contributed by atoms with Gasteiger partial charge < -0.3 is 4.74 Å². The lowest BCUT2D eigenvalue weighted by atomic mass is 9.97. The summed E-state index contributed by atoms with van der Waals surface area (Å²) >= 11 is 4.98. The number of halogens is 1. The molecule has 0 saturated carbocycles. The Bertz CT molecular complexity index is 523. The molecule has 1 fully saturated rings. The number of thiazole rings is 1. The van der Waals surface area contributed by atoms with Gasteiger partial charge in [-0.2, -0.15) is 8.42 Å². The summed E-state index contributed by atoms with van der Waals surface area (Å²) in [5, 5.41) is 0. The third-order valence-electron chi connectivity index (χ3n) is 3.14. The van der Waals surface area contributed by atoms with Gasteiger partial charge >= 0.3 is 0 Å². The molecule has 1 saturated heterocycles. The summed E-state index contributed by atoms with van der Waals surface area (Å²) < 4.78 is 33.4. The van der Waals surface area contributed by atoms with Gasteiger partial charge in [0, 0.05) is 24.5 Å². The van der Waals surface area contributed by atoms with Gasteiger partial charge in [-0.15, -0.1) is 11.3 Å². The lowest BCUT2D eigenvalue weighted by Gasteiger charge is -2.21. The Balaban J connectivity index is 2.11. The summed E-state index contributed by atoms with van der Waals surface area (Å²) in [6.45, 7) is 1.52. The first-order valence-electron chi connectivity index (χ1n) is 6.03. The molecule has 0 radical (unpaired) electrons. The second kappa shape index (κ2) is 6.62. The number of rotatable bonds is 5. The van der Waals surface area contributed by atoms with Crippen molar-refractivity contribution in [2.75, 3.05) is 26.1 Å². The van der Waals surface area contributed by atoms with Crippen LogP contribution in [0.3, 0.4) is 0 Å². The molecule has 0 spiro atoms. The number of ether oxygens (including phenoxy) is 1. The zero-order chi connectivity index (χ0) is 13.9. The van der Waals surface area contributed by atoms with Crippen LogP contribution in [-0.2, 0) is 25.5 Å². The molecule has 0 aromatic carbocycles. The molecule has 8 heteroatoms. The molecule has 1 aliphatic heterocycles. The fourth-order valence-electron chi connectivity index (χ4n) is 2.10. The van der Waals surface area contributed by atoms with Crippen molar-refractivity contribution in [3.63, 3.8) is 0 Å². The third kappa shape index (κ3) is 4.22. The Morgan fingerprint density at radius 3 is 2.79 bits per heavy atom. The van der Waals surface area contributed by atoms with E-state index in [2.05, 4.69) is 25.1 Å². The molecule has 0 unspecified atom stereocenters. The molecule has 5 nitrogen and oxygen atoms in total. The summed E-state index contributed by atoms with van der Waals surface area (Å²) in [5.41, 5.74) is 0.865. The Kier molecular flexibility index (Phi) is 5.36. The van der Waals surface area contributed by atoms with Crippen molar-refractivity contribution < 1.29 is 17.3 Å². The molecule has 0 bridgehead atoms. The minimum Gasteiger partial charge on any atom is -0.381 e. The van der Waals surface area contributed by atoms with Crippen LogP contribution in [0.1, 0.15) is 29.3 Å². The number of hydrogen-bond donors (Lipinski definition) is 0. The Hall–Kier alpha value is -0.0200. The first-order valence-corrected chi connectivity index (χ1v) is 9.21. The molecule has 108 valence electrons. The van der Waals surface area contributed by atoms with E-state index in [0.29, 0.717) is 12.3 Å². The average Bonchev–Trinajstić information content (AvgIpc) is 2.79. The Morgan fingerprint density at radius 2 is 2.16 bits per heavy atom. The zero-order valence-electron chi connectivity index (χ0n) is 10.6. The largest absolute Gasteiger partial charge is 0.381 e. The van der Waals surface area contributed by atoms with Gasteiger partial charge in [-0.05, 0) is 34.7 Å². The van der Waals surface area contributed by atoms with E-state index in [9.17, 15) is 8.42 Å². The minimum atomic E-state index is -3.43. The molecule has 1 aliphatic rings. The Labute approximate surface area is 125 Å². The van der Waals surface area contributed by atoms with Crippen LogP contribution in [-0.4, -0.2) is 39.5 Å². The van der Waals surface area contributed by atoms with Crippen molar-refractivity contribution in [1.82, 2.24) is 4.98 Å². The minimum absolute atomic E-state index is 0.0319. The zero-order valence-corrected chi connectivity index (χ0v) is 13.8. The second-order valence-electron chi connectivity index (χ2n) is 4.34. The molecule has 0 aliphatic carbocycles. The number of aromatic nitrogens is 1. The van der Waals surface area contributed by atoms with E-state index in [-0.39, 0.29) is 5.75 Å². The molecule has 0 atom stereocenters. The first kappa shape index (κ1) is 15.4. The van der Waals surface area contributed by atoms with Crippen LogP contribution in [0.4, 0.5) is 0 Å². The summed E-state index contributed by atoms with van der Waals surface area (Å²) in [7, 11) is -2.25. The quantitative estimate of drug-likeness (QED) is 0.745. The van der Waals surface area contributed by atoms with Gasteiger partial charge in [-0.25, -0.2) is 4.98 Å². The third-order valence-corrected chi connectivity index (χ3v) is 6.06. The molecule has 19 heavy (non-hydrogen) atoms. The number of aryl methyl sites for hydroxylation is 1. The van der Waals surface area contributed by atoms with E-state index < -0.39 is 10.1 Å². The Morgan fingerprint density at radius 1 is 1.47 bits per heavy atom. The van der Waals surface area contributed by atoms with Crippen molar-refractivity contribution in [3.8, 4) is 0 Å². The fourth-order valence-corrected chi connectivity index (χ4v) is 4.45. The average molecular weight is 370 g/mol. The highest BCUT2D eigenvalue weighted by molar-refractivity contribution is 9.11. The summed E-state index contributed by atoms with van der Waals surface area (Å²) in [4.78, 5) is 5.58. The maximum absolute atomic E-state index is 11.4. The van der Waals surface area contributed by atoms with Crippen LogP contribution in [0.5, 0.6) is 0 Å². The molecule has 1 aromatic rings. The van der Waals surface area contributed by atoms with Crippen molar-refractivity contribution >= 4 is 37.4 Å². The van der Waals surface area contributed by atoms with Crippen molar-refractivity contribution in [1.29, 1.82) is 0 Å². The molecular formula is C11H16BrNO4S2. The van der Waals surface area contributed by atoms with Gasteiger partial charge in [0.25, 0.3) is 10.1 Å². The first-order chi connectivity index (χ1) is 9.02. The lowest BCUT2D eigenvalue weighted by Crippen LogP contribution is -2.16. The maximum Gasteiger partial charge on any atom is 0.267 e. The SMILES string of the molecule is COS(=O)(=O)CCc1nc(Br)sc1C1CCOCC1. The van der Waals surface area contributed by atoms with Crippen LogP contribution in [0.25, 0.3) is 0 Å². The molecular weight excluding hydrogens is 354 g/mol. The smallest absolute Gasteiger partial charge is 0.267 e. The second-order valence-corrected chi connectivity index (χ2v) is 8.51. The number of hydrogen-bond acceptors (Lipinski definition) is 6. The predicted molar refractivity (Wildman–Crippen MR) is 77.1 cm³/mol. The number of nitrogens with zero attached hydrogens (tertiary/aromatic N) is 1. The predicted octanol–water partition coefficient (Wildman–Crippen LogP) is 2.32. The van der Waals surface area contributed by atoms with Crippen LogP contribution >= 0.6 is 27.3 Å². The molecule has 2 heterocycles. The van der Waals surface area contributed by atoms with Gasteiger partial charge in [-0.1, -0.05) is 0 Å². The van der Waals surface area contributed by atoms with Gasteiger partial charge in [-0.3, -0.25) is 4.18 Å². The van der Waals surface area contributed by atoms with E-state index >= 15 is 0 Å². The molecule has 0 N–H and O–H groups in total. The molecule has 0 amide bonds. The summed E-state index contributed by atoms with van der Waals surface area (Å²) in [6, 6.07) is 0. The lowest BCUT2D eigenvalue weighted by molar-refractivity contribution is 0.0858.